The van der Waals surface area contributed by atoms with Crippen molar-refractivity contribution in [3.05, 3.63) is 5.82 Å². The SMILES string of the molecule is C1CCc2nnc(SCCCNC3CCCC3)n2CC1. The first-order valence-corrected chi connectivity index (χ1v) is 9.20. The zero-order valence-electron chi connectivity index (χ0n) is 12.3. The monoisotopic (exact) mass is 294 g/mol. The third kappa shape index (κ3) is 3.76. The summed E-state index contributed by atoms with van der Waals surface area (Å²) in [6, 6.07) is 0.796. The molecule has 4 nitrogen and oxygen atoms in total. The van der Waals surface area contributed by atoms with Crippen LogP contribution in [-0.2, 0) is 13.0 Å². The maximum atomic E-state index is 4.37. The molecule has 0 spiro atoms. The Kier molecular flexibility index (Phi) is 5.36. The molecule has 0 radical (unpaired) electrons. The van der Waals surface area contributed by atoms with Gasteiger partial charge in [-0.1, -0.05) is 31.0 Å². The molecule has 0 unspecified atom stereocenters. The van der Waals surface area contributed by atoms with E-state index in [1.165, 1.54) is 57.2 Å². The maximum Gasteiger partial charge on any atom is 0.191 e. The molecule has 0 amide bonds. The van der Waals surface area contributed by atoms with Crippen LogP contribution in [0.5, 0.6) is 0 Å². The largest absolute Gasteiger partial charge is 0.314 e. The van der Waals surface area contributed by atoms with E-state index in [0.717, 1.165) is 36.5 Å². The van der Waals surface area contributed by atoms with Gasteiger partial charge in [0.25, 0.3) is 0 Å². The summed E-state index contributed by atoms with van der Waals surface area (Å²) in [7, 11) is 0. The molecule has 5 heteroatoms. The number of nitrogens with zero attached hydrogens (tertiary/aromatic N) is 3. The summed E-state index contributed by atoms with van der Waals surface area (Å²) in [6.45, 7) is 2.27. The number of aromatic nitrogens is 3. The van der Waals surface area contributed by atoms with Gasteiger partial charge in [0, 0.05) is 24.8 Å². The van der Waals surface area contributed by atoms with Gasteiger partial charge in [-0.3, -0.25) is 0 Å². The summed E-state index contributed by atoms with van der Waals surface area (Å²) in [6.07, 6.45) is 11.8. The van der Waals surface area contributed by atoms with Crippen LogP contribution in [-0.4, -0.2) is 33.1 Å². The van der Waals surface area contributed by atoms with Crippen molar-refractivity contribution >= 4 is 11.8 Å². The van der Waals surface area contributed by atoms with E-state index in [2.05, 4.69) is 20.1 Å². The van der Waals surface area contributed by atoms with Gasteiger partial charge in [-0.25, -0.2) is 0 Å². The second-order valence-corrected chi connectivity index (χ2v) is 7.06. The summed E-state index contributed by atoms with van der Waals surface area (Å²) in [4.78, 5) is 0. The van der Waals surface area contributed by atoms with Crippen molar-refractivity contribution in [3.8, 4) is 0 Å². The minimum absolute atomic E-state index is 0.796. The van der Waals surface area contributed by atoms with E-state index in [0.29, 0.717) is 0 Å². The van der Waals surface area contributed by atoms with Gasteiger partial charge in [-0.15, -0.1) is 10.2 Å². The van der Waals surface area contributed by atoms with E-state index in [-0.39, 0.29) is 0 Å². The fourth-order valence-electron chi connectivity index (χ4n) is 3.24. The number of aryl methyl sites for hydroxylation is 1. The number of nitrogens with one attached hydrogen (secondary N) is 1. The predicted molar refractivity (Wildman–Crippen MR) is 83.2 cm³/mol. The molecular weight excluding hydrogens is 268 g/mol. The molecule has 0 bridgehead atoms. The molecule has 1 aromatic rings. The zero-order valence-corrected chi connectivity index (χ0v) is 13.1. The summed E-state index contributed by atoms with van der Waals surface area (Å²) in [5, 5.41) is 13.5. The van der Waals surface area contributed by atoms with Crippen LogP contribution in [0.4, 0.5) is 0 Å². The summed E-state index contributed by atoms with van der Waals surface area (Å²) >= 11 is 1.88. The van der Waals surface area contributed by atoms with Gasteiger partial charge in [0.1, 0.15) is 5.82 Å². The van der Waals surface area contributed by atoms with Crippen LogP contribution in [0.1, 0.15) is 57.2 Å². The van der Waals surface area contributed by atoms with E-state index in [4.69, 9.17) is 0 Å². The molecule has 1 aliphatic carbocycles. The van der Waals surface area contributed by atoms with Crippen molar-refractivity contribution in [1.29, 1.82) is 0 Å². The highest BCUT2D eigenvalue weighted by Crippen LogP contribution is 2.22. The van der Waals surface area contributed by atoms with E-state index in [9.17, 15) is 0 Å². The average molecular weight is 294 g/mol. The maximum absolute atomic E-state index is 4.37. The van der Waals surface area contributed by atoms with Crippen LogP contribution in [0.15, 0.2) is 5.16 Å². The van der Waals surface area contributed by atoms with Crippen molar-refractivity contribution in [2.45, 2.75) is 75.5 Å². The molecule has 3 rings (SSSR count). The van der Waals surface area contributed by atoms with Crippen molar-refractivity contribution in [3.63, 3.8) is 0 Å². The Balaban J connectivity index is 1.39. The first-order valence-electron chi connectivity index (χ1n) is 8.22. The minimum Gasteiger partial charge on any atom is -0.314 e. The van der Waals surface area contributed by atoms with Gasteiger partial charge in [0.2, 0.25) is 0 Å². The molecule has 2 aliphatic rings. The van der Waals surface area contributed by atoms with Gasteiger partial charge in [-0.2, -0.15) is 0 Å². The lowest BCUT2D eigenvalue weighted by molar-refractivity contribution is 0.524. The van der Waals surface area contributed by atoms with Crippen molar-refractivity contribution in [1.82, 2.24) is 20.1 Å². The average Bonchev–Trinajstić information content (AvgIpc) is 3.04. The highest BCUT2D eigenvalue weighted by molar-refractivity contribution is 7.99. The number of hydrogen-bond acceptors (Lipinski definition) is 4. The van der Waals surface area contributed by atoms with Crippen molar-refractivity contribution in [2.75, 3.05) is 12.3 Å². The first-order chi connectivity index (χ1) is 9.93. The summed E-state index contributed by atoms with van der Waals surface area (Å²) < 4.78 is 2.35. The molecule has 1 aromatic heterocycles. The van der Waals surface area contributed by atoms with Gasteiger partial charge in [-0.05, 0) is 38.6 Å². The Bertz CT molecular complexity index is 412. The Morgan fingerprint density at radius 2 is 2.00 bits per heavy atom. The van der Waals surface area contributed by atoms with Gasteiger partial charge in [0.05, 0.1) is 0 Å². The Hall–Kier alpha value is -0.550. The Morgan fingerprint density at radius 3 is 2.90 bits per heavy atom. The first kappa shape index (κ1) is 14.4. The van der Waals surface area contributed by atoms with E-state index in [1.807, 2.05) is 11.8 Å². The fourth-order valence-corrected chi connectivity index (χ4v) is 4.16. The van der Waals surface area contributed by atoms with Crippen LogP contribution in [0.25, 0.3) is 0 Å². The third-order valence-electron chi connectivity index (χ3n) is 4.42. The van der Waals surface area contributed by atoms with Crippen LogP contribution >= 0.6 is 11.8 Å². The van der Waals surface area contributed by atoms with Crippen LogP contribution < -0.4 is 5.32 Å². The molecule has 1 saturated carbocycles. The fraction of sp³-hybridized carbons (Fsp3) is 0.867. The second-order valence-electron chi connectivity index (χ2n) is 6.00. The highest BCUT2D eigenvalue weighted by Gasteiger charge is 2.15. The van der Waals surface area contributed by atoms with Crippen molar-refractivity contribution in [2.24, 2.45) is 0 Å². The molecule has 0 atom stereocenters. The van der Waals surface area contributed by atoms with Crippen LogP contribution in [0, 0.1) is 0 Å². The van der Waals surface area contributed by atoms with E-state index in [1.54, 1.807) is 0 Å². The van der Waals surface area contributed by atoms with Crippen LogP contribution in [0.2, 0.25) is 0 Å². The molecule has 0 saturated heterocycles. The quantitative estimate of drug-likeness (QED) is 0.647. The second kappa shape index (κ2) is 7.46. The lowest BCUT2D eigenvalue weighted by Crippen LogP contribution is -2.27. The lowest BCUT2D eigenvalue weighted by Gasteiger charge is -2.11. The Labute approximate surface area is 126 Å². The Morgan fingerprint density at radius 1 is 1.10 bits per heavy atom. The van der Waals surface area contributed by atoms with E-state index < -0.39 is 0 Å². The molecule has 2 heterocycles. The molecule has 1 aliphatic heterocycles. The third-order valence-corrected chi connectivity index (χ3v) is 5.47. The lowest BCUT2D eigenvalue weighted by atomic mass is 10.2. The molecule has 1 N–H and O–H groups in total. The summed E-state index contributed by atoms with van der Waals surface area (Å²) in [5.74, 6) is 2.35. The molecular formula is C15H26N4S. The van der Waals surface area contributed by atoms with Crippen molar-refractivity contribution < 1.29 is 0 Å². The molecule has 1 fully saturated rings. The van der Waals surface area contributed by atoms with E-state index >= 15 is 0 Å². The molecule has 112 valence electrons. The van der Waals surface area contributed by atoms with Gasteiger partial charge < -0.3 is 9.88 Å². The highest BCUT2D eigenvalue weighted by atomic mass is 32.2. The number of hydrogen-bond donors (Lipinski definition) is 1. The standard InChI is InChI=1S/C15H26N4S/c1-2-9-14-17-18-15(19(14)11-5-1)20-12-6-10-16-13-7-3-4-8-13/h13,16H,1-12H2. The molecule has 0 aromatic carbocycles. The normalized spacial score (nSPS) is 20.0. The smallest absolute Gasteiger partial charge is 0.191 e. The van der Waals surface area contributed by atoms with Gasteiger partial charge >= 0.3 is 0 Å². The molecule has 20 heavy (non-hydrogen) atoms. The summed E-state index contributed by atoms with van der Waals surface area (Å²) in [5.41, 5.74) is 0. The number of rotatable bonds is 6. The minimum atomic E-state index is 0.796. The topological polar surface area (TPSA) is 42.7 Å². The number of fused-ring (bicyclic) bond motifs is 1. The van der Waals surface area contributed by atoms with Gasteiger partial charge in [0.15, 0.2) is 5.16 Å². The number of thioether (sulfide) groups is 1. The zero-order chi connectivity index (χ0) is 13.6. The predicted octanol–water partition coefficient (Wildman–Crippen LogP) is 3.02. The van der Waals surface area contributed by atoms with Crippen LogP contribution in [0.3, 0.4) is 0 Å².